The monoisotopic (exact) mass is 348 g/mol. The summed E-state index contributed by atoms with van der Waals surface area (Å²) in [4.78, 5) is 12.1. The van der Waals surface area contributed by atoms with Gasteiger partial charge in [-0.3, -0.25) is 0 Å². The fraction of sp³-hybridized carbons (Fsp3) is 0.250. The maximum atomic E-state index is 6.01. The second kappa shape index (κ2) is 7.70. The Hall–Kier alpha value is -3.33. The molecule has 0 atom stereocenters. The van der Waals surface area contributed by atoms with Crippen LogP contribution in [0.15, 0.2) is 43.4 Å². The van der Waals surface area contributed by atoms with Crippen molar-refractivity contribution in [1.29, 1.82) is 0 Å². The summed E-state index contributed by atoms with van der Waals surface area (Å²) in [5.74, 6) is 8.51. The minimum absolute atomic E-state index is 0.252. The molecule has 0 saturated carbocycles. The Morgan fingerprint density at radius 2 is 1.77 bits per heavy atom. The summed E-state index contributed by atoms with van der Waals surface area (Å²) >= 11 is 0. The van der Waals surface area contributed by atoms with Gasteiger partial charge in [0.05, 0.1) is 37.6 Å². The van der Waals surface area contributed by atoms with E-state index < -0.39 is 0 Å². The molecule has 0 bridgehead atoms. The first-order valence-corrected chi connectivity index (χ1v) is 8.21. The highest BCUT2D eigenvalue weighted by molar-refractivity contribution is 5.56. The van der Waals surface area contributed by atoms with Gasteiger partial charge in [-0.25, -0.2) is 15.0 Å². The molecule has 0 aliphatic carbocycles. The molecular formula is C20H20N4O2. The maximum absolute atomic E-state index is 6.01. The lowest BCUT2D eigenvalue weighted by Crippen LogP contribution is -1.99. The van der Waals surface area contributed by atoms with E-state index in [9.17, 15) is 0 Å². The van der Waals surface area contributed by atoms with Crippen LogP contribution in [0.3, 0.4) is 0 Å². The first kappa shape index (κ1) is 17.5. The second-order valence-electron chi connectivity index (χ2n) is 6.06. The summed E-state index contributed by atoms with van der Waals surface area (Å²) in [7, 11) is 3.54. The number of ether oxygens (including phenoxy) is 2. The number of hydrogen-bond donors (Lipinski definition) is 0. The quantitative estimate of drug-likeness (QED) is 0.675. The molecule has 6 heteroatoms. The van der Waals surface area contributed by atoms with Crippen molar-refractivity contribution >= 4 is 0 Å². The van der Waals surface area contributed by atoms with Crippen LogP contribution < -0.4 is 9.47 Å². The van der Waals surface area contributed by atoms with Crippen molar-refractivity contribution in [2.24, 2.45) is 7.05 Å². The normalized spacial score (nSPS) is 10.3. The fourth-order valence-corrected chi connectivity index (χ4v) is 2.46. The van der Waals surface area contributed by atoms with Crippen LogP contribution >= 0.6 is 0 Å². The summed E-state index contributed by atoms with van der Waals surface area (Å²) in [6, 6.07) is 3.86. The molecule has 2 heterocycles. The molecule has 0 aliphatic rings. The molecule has 0 fully saturated rings. The fourth-order valence-electron chi connectivity index (χ4n) is 2.46. The molecule has 0 radical (unpaired) electrons. The number of nitrogens with zero attached hydrogens (tertiary/aromatic N) is 4. The van der Waals surface area contributed by atoms with E-state index in [0.29, 0.717) is 17.2 Å². The zero-order valence-electron chi connectivity index (χ0n) is 15.2. The lowest BCUT2D eigenvalue weighted by atomic mass is 9.99. The average Bonchev–Trinajstić information content (AvgIpc) is 3.05. The molecule has 0 spiro atoms. The molecule has 6 nitrogen and oxygen atoms in total. The Morgan fingerprint density at radius 3 is 2.38 bits per heavy atom. The van der Waals surface area contributed by atoms with Gasteiger partial charge >= 0.3 is 0 Å². The molecular weight excluding hydrogens is 328 g/mol. The van der Waals surface area contributed by atoms with E-state index in [1.54, 1.807) is 32.0 Å². The molecule has 26 heavy (non-hydrogen) atoms. The molecule has 0 saturated heterocycles. The molecule has 0 unspecified atom stereocenters. The van der Waals surface area contributed by atoms with E-state index in [-0.39, 0.29) is 5.92 Å². The Balaban J connectivity index is 2.05. The van der Waals surface area contributed by atoms with Gasteiger partial charge in [0.2, 0.25) is 0 Å². The Labute approximate surface area is 152 Å². The zero-order valence-corrected chi connectivity index (χ0v) is 15.2. The van der Waals surface area contributed by atoms with Crippen molar-refractivity contribution in [2.45, 2.75) is 19.8 Å². The summed E-state index contributed by atoms with van der Waals surface area (Å²) in [6.45, 7) is 4.20. The van der Waals surface area contributed by atoms with E-state index in [1.165, 1.54) is 6.33 Å². The van der Waals surface area contributed by atoms with Crippen molar-refractivity contribution in [3.05, 3.63) is 60.2 Å². The minimum Gasteiger partial charge on any atom is -0.495 e. The van der Waals surface area contributed by atoms with E-state index in [4.69, 9.17) is 9.47 Å². The van der Waals surface area contributed by atoms with Gasteiger partial charge < -0.3 is 14.0 Å². The maximum Gasteiger partial charge on any atom is 0.164 e. The third-order valence-corrected chi connectivity index (χ3v) is 3.86. The van der Waals surface area contributed by atoms with Crippen LogP contribution in [0.4, 0.5) is 0 Å². The number of rotatable bonds is 4. The smallest absolute Gasteiger partial charge is 0.164 e. The molecule has 0 amide bonds. The van der Waals surface area contributed by atoms with E-state index in [1.807, 2.05) is 23.7 Å². The zero-order chi connectivity index (χ0) is 18.5. The van der Waals surface area contributed by atoms with Crippen LogP contribution in [-0.2, 0) is 7.05 Å². The first-order valence-electron chi connectivity index (χ1n) is 8.21. The van der Waals surface area contributed by atoms with Crippen molar-refractivity contribution in [1.82, 2.24) is 19.5 Å². The van der Waals surface area contributed by atoms with Crippen LogP contribution in [0, 0.1) is 11.8 Å². The van der Waals surface area contributed by atoms with Crippen LogP contribution in [-0.4, -0.2) is 26.6 Å². The van der Waals surface area contributed by atoms with Crippen LogP contribution in [0.1, 0.15) is 36.6 Å². The van der Waals surface area contributed by atoms with Gasteiger partial charge in [0, 0.05) is 18.7 Å². The van der Waals surface area contributed by atoms with E-state index in [2.05, 4.69) is 40.6 Å². The highest BCUT2D eigenvalue weighted by atomic mass is 16.5. The topological polar surface area (TPSA) is 62.1 Å². The molecule has 132 valence electrons. The number of imidazole rings is 1. The Bertz CT molecular complexity index is 953. The van der Waals surface area contributed by atoms with E-state index >= 15 is 0 Å². The number of hydrogen-bond acceptors (Lipinski definition) is 5. The first-order chi connectivity index (χ1) is 12.6. The largest absolute Gasteiger partial charge is 0.495 e. The van der Waals surface area contributed by atoms with Gasteiger partial charge in [-0.05, 0) is 17.9 Å². The van der Waals surface area contributed by atoms with Gasteiger partial charge in [-0.1, -0.05) is 19.8 Å². The Kier molecular flexibility index (Phi) is 5.18. The molecule has 0 aliphatic heterocycles. The molecule has 3 aromatic rings. The standard InChI is InChI=1S/C20H20N4O2/c1-14(2)18-8-19(25-4)15(5-6-16-9-23-13-24(16)3)7-20(18)26-17-10-21-12-22-11-17/h7-14H,1-4H3. The van der Waals surface area contributed by atoms with Gasteiger partial charge in [0.25, 0.3) is 0 Å². The molecule has 2 aromatic heterocycles. The molecule has 1 aromatic carbocycles. The van der Waals surface area contributed by atoms with E-state index in [0.717, 1.165) is 16.8 Å². The Morgan fingerprint density at radius 1 is 1.00 bits per heavy atom. The third-order valence-electron chi connectivity index (χ3n) is 3.86. The SMILES string of the molecule is COc1cc(C(C)C)c(Oc2cncnc2)cc1C#Cc1cncn1C. The number of aryl methyl sites for hydroxylation is 1. The van der Waals surface area contributed by atoms with Gasteiger partial charge in [0.1, 0.15) is 23.5 Å². The van der Waals surface area contributed by atoms with Crippen LogP contribution in [0.5, 0.6) is 17.2 Å². The van der Waals surface area contributed by atoms with Crippen molar-refractivity contribution in [2.75, 3.05) is 7.11 Å². The predicted octanol–water partition coefficient (Wildman–Crippen LogP) is 3.53. The third kappa shape index (κ3) is 3.83. The molecule has 3 rings (SSSR count). The molecule has 0 N–H and O–H groups in total. The predicted molar refractivity (Wildman–Crippen MR) is 98.4 cm³/mol. The summed E-state index contributed by atoms with van der Waals surface area (Å²) in [5, 5.41) is 0. The highest BCUT2D eigenvalue weighted by Gasteiger charge is 2.14. The number of benzene rings is 1. The van der Waals surface area contributed by atoms with Crippen molar-refractivity contribution in [3.63, 3.8) is 0 Å². The number of aromatic nitrogens is 4. The lowest BCUT2D eigenvalue weighted by Gasteiger charge is -2.16. The average molecular weight is 348 g/mol. The second-order valence-corrected chi connectivity index (χ2v) is 6.06. The van der Waals surface area contributed by atoms with Crippen molar-refractivity contribution in [3.8, 4) is 29.1 Å². The van der Waals surface area contributed by atoms with Gasteiger partial charge in [-0.2, -0.15) is 0 Å². The van der Waals surface area contributed by atoms with Crippen molar-refractivity contribution < 1.29 is 9.47 Å². The summed E-state index contributed by atoms with van der Waals surface area (Å²) in [6.07, 6.45) is 8.16. The van der Waals surface area contributed by atoms with Crippen LogP contribution in [0.25, 0.3) is 0 Å². The number of methoxy groups -OCH3 is 1. The lowest BCUT2D eigenvalue weighted by molar-refractivity contribution is 0.409. The summed E-state index contributed by atoms with van der Waals surface area (Å²) < 4.78 is 13.4. The van der Waals surface area contributed by atoms with Gasteiger partial charge in [-0.15, -0.1) is 0 Å². The van der Waals surface area contributed by atoms with Crippen LogP contribution in [0.2, 0.25) is 0 Å². The highest BCUT2D eigenvalue weighted by Crippen LogP contribution is 2.35. The minimum atomic E-state index is 0.252. The van der Waals surface area contributed by atoms with Gasteiger partial charge in [0.15, 0.2) is 5.75 Å². The summed E-state index contributed by atoms with van der Waals surface area (Å²) in [5.41, 5.74) is 2.58.